The van der Waals surface area contributed by atoms with Gasteiger partial charge in [-0.3, -0.25) is 9.59 Å². The van der Waals surface area contributed by atoms with E-state index < -0.39 is 32.6 Å². The van der Waals surface area contributed by atoms with Crippen LogP contribution in [0.15, 0.2) is 47.4 Å². The Morgan fingerprint density at radius 1 is 1.03 bits per heavy atom. The average Bonchev–Trinajstić information content (AvgIpc) is 2.75. The van der Waals surface area contributed by atoms with Crippen molar-refractivity contribution in [3.63, 3.8) is 0 Å². The molecule has 7 nitrogen and oxygen atoms in total. The topological polar surface area (TPSA) is 95.6 Å². The number of carbonyl (C=O) groups excluding carboxylic acids is 2. The molecule has 2 N–H and O–H groups in total. The summed E-state index contributed by atoms with van der Waals surface area (Å²) >= 11 is 0. The van der Waals surface area contributed by atoms with Gasteiger partial charge in [0.1, 0.15) is 0 Å². The maximum Gasteiger partial charge on any atom is 0.416 e. The average molecular weight is 484 g/mol. The number of alkyl halides is 3. The molecular weight excluding hydrogens is 459 g/mol. The molecule has 33 heavy (non-hydrogen) atoms. The Bertz CT molecular complexity index is 1160. The number of sulfonamides is 1. The number of hydrogen-bond donors (Lipinski definition) is 2. The largest absolute Gasteiger partial charge is 0.416 e. The molecule has 0 aromatic heterocycles. The van der Waals surface area contributed by atoms with Crippen LogP contribution < -0.4 is 10.6 Å². The van der Waals surface area contributed by atoms with Crippen molar-refractivity contribution in [1.29, 1.82) is 0 Å². The van der Waals surface area contributed by atoms with Crippen molar-refractivity contribution < 1.29 is 31.2 Å². The number of aryl methyl sites for hydroxylation is 1. The van der Waals surface area contributed by atoms with E-state index in [-0.39, 0.29) is 37.7 Å². The van der Waals surface area contributed by atoms with Gasteiger partial charge in [0.05, 0.1) is 10.5 Å². The molecule has 3 rings (SSSR count). The fourth-order valence-corrected chi connectivity index (χ4v) is 5.17. The summed E-state index contributed by atoms with van der Waals surface area (Å²) in [6.07, 6.45) is -4.16. The number of halogens is 3. The van der Waals surface area contributed by atoms with Gasteiger partial charge in [-0.05, 0) is 61.7 Å². The Kier molecular flexibility index (Phi) is 7.13. The molecule has 0 atom stereocenters. The summed E-state index contributed by atoms with van der Waals surface area (Å²) < 4.78 is 65.6. The van der Waals surface area contributed by atoms with Gasteiger partial charge in [-0.25, -0.2) is 8.42 Å². The third kappa shape index (κ3) is 5.91. The second kappa shape index (κ2) is 9.52. The molecule has 178 valence electrons. The number of benzene rings is 2. The molecule has 0 radical (unpaired) electrons. The highest BCUT2D eigenvalue weighted by Crippen LogP contribution is 2.32. The summed E-state index contributed by atoms with van der Waals surface area (Å²) in [7, 11) is -4.11. The van der Waals surface area contributed by atoms with E-state index in [4.69, 9.17) is 0 Å². The second-order valence-electron chi connectivity index (χ2n) is 7.90. The van der Waals surface area contributed by atoms with Crippen LogP contribution in [0.4, 0.5) is 24.5 Å². The minimum Gasteiger partial charge on any atom is -0.326 e. The first-order valence-electron chi connectivity index (χ1n) is 10.2. The van der Waals surface area contributed by atoms with Crippen LogP contribution in [0.2, 0.25) is 0 Å². The summed E-state index contributed by atoms with van der Waals surface area (Å²) in [4.78, 5) is 23.4. The van der Waals surface area contributed by atoms with Gasteiger partial charge in [-0.1, -0.05) is 6.07 Å². The van der Waals surface area contributed by atoms with Crippen LogP contribution in [0.25, 0.3) is 0 Å². The first-order valence-corrected chi connectivity index (χ1v) is 11.7. The highest BCUT2D eigenvalue weighted by Gasteiger charge is 2.35. The van der Waals surface area contributed by atoms with Gasteiger partial charge in [-0.2, -0.15) is 17.5 Å². The lowest BCUT2D eigenvalue weighted by Gasteiger charge is -2.30. The molecule has 1 aliphatic heterocycles. The summed E-state index contributed by atoms with van der Waals surface area (Å²) in [6, 6.07) is 8.70. The lowest BCUT2D eigenvalue weighted by Crippen LogP contribution is -2.41. The molecule has 0 saturated carbocycles. The van der Waals surface area contributed by atoms with Gasteiger partial charge >= 0.3 is 6.18 Å². The predicted molar refractivity (Wildman–Crippen MR) is 117 cm³/mol. The number of piperidine rings is 1. The Hall–Kier alpha value is -2.92. The van der Waals surface area contributed by atoms with E-state index in [1.165, 1.54) is 6.92 Å². The monoisotopic (exact) mass is 483 g/mol. The van der Waals surface area contributed by atoms with E-state index >= 15 is 0 Å². The smallest absolute Gasteiger partial charge is 0.326 e. The zero-order valence-electron chi connectivity index (χ0n) is 18.1. The molecule has 1 aliphatic rings. The second-order valence-corrected chi connectivity index (χ2v) is 9.84. The zero-order chi connectivity index (χ0) is 24.4. The Morgan fingerprint density at radius 2 is 1.70 bits per heavy atom. The normalized spacial score (nSPS) is 15.8. The molecule has 2 aromatic carbocycles. The quantitative estimate of drug-likeness (QED) is 0.672. The van der Waals surface area contributed by atoms with Gasteiger partial charge < -0.3 is 10.6 Å². The number of anilines is 2. The molecule has 0 bridgehead atoms. The van der Waals surface area contributed by atoms with Crippen molar-refractivity contribution in [2.24, 2.45) is 5.92 Å². The van der Waals surface area contributed by atoms with Crippen molar-refractivity contribution in [1.82, 2.24) is 4.31 Å². The molecule has 1 heterocycles. The Balaban J connectivity index is 1.63. The molecule has 0 spiro atoms. The first kappa shape index (κ1) is 24.7. The van der Waals surface area contributed by atoms with Crippen LogP contribution in [-0.4, -0.2) is 37.6 Å². The highest BCUT2D eigenvalue weighted by molar-refractivity contribution is 7.89. The Labute approximate surface area is 190 Å². The molecule has 2 amide bonds. The van der Waals surface area contributed by atoms with Crippen LogP contribution in [0, 0.1) is 12.8 Å². The van der Waals surface area contributed by atoms with Crippen LogP contribution in [-0.2, 0) is 25.8 Å². The highest BCUT2D eigenvalue weighted by atomic mass is 32.2. The zero-order valence-corrected chi connectivity index (χ0v) is 18.9. The van der Waals surface area contributed by atoms with E-state index in [0.29, 0.717) is 17.4 Å². The molecule has 2 aromatic rings. The van der Waals surface area contributed by atoms with E-state index in [2.05, 4.69) is 10.6 Å². The number of hydrogen-bond acceptors (Lipinski definition) is 4. The minimum atomic E-state index is -4.64. The van der Waals surface area contributed by atoms with Crippen LogP contribution in [0.1, 0.15) is 30.9 Å². The Morgan fingerprint density at radius 3 is 2.27 bits per heavy atom. The molecule has 0 unspecified atom stereocenters. The van der Waals surface area contributed by atoms with E-state index in [9.17, 15) is 31.2 Å². The molecule has 1 saturated heterocycles. The van der Waals surface area contributed by atoms with Crippen molar-refractivity contribution >= 4 is 33.2 Å². The van der Waals surface area contributed by atoms with Crippen LogP contribution in [0.3, 0.4) is 0 Å². The van der Waals surface area contributed by atoms with Gasteiger partial charge in [0, 0.05) is 37.3 Å². The summed E-state index contributed by atoms with van der Waals surface area (Å²) in [5.41, 5.74) is 0.918. The third-order valence-corrected chi connectivity index (χ3v) is 7.32. The SMILES string of the molecule is CC(=O)Nc1ccc(NC(=O)C2CCN(S(=O)(=O)c3cccc(C(F)(F)F)c3)CC2)cc1C. The summed E-state index contributed by atoms with van der Waals surface area (Å²) in [5, 5.41) is 5.48. The van der Waals surface area contributed by atoms with E-state index in [0.717, 1.165) is 28.1 Å². The number of amides is 2. The third-order valence-electron chi connectivity index (χ3n) is 5.43. The summed E-state index contributed by atoms with van der Waals surface area (Å²) in [6.45, 7) is 3.24. The predicted octanol–water partition coefficient (Wildman–Crippen LogP) is 4.01. The summed E-state index contributed by atoms with van der Waals surface area (Å²) in [5.74, 6) is -0.909. The molecule has 0 aliphatic carbocycles. The van der Waals surface area contributed by atoms with Gasteiger partial charge in [-0.15, -0.1) is 0 Å². The first-order chi connectivity index (χ1) is 15.4. The lowest BCUT2D eigenvalue weighted by atomic mass is 9.97. The molecule has 11 heteroatoms. The van der Waals surface area contributed by atoms with E-state index in [1.807, 2.05) is 0 Å². The van der Waals surface area contributed by atoms with Crippen LogP contribution in [0.5, 0.6) is 0 Å². The lowest BCUT2D eigenvalue weighted by molar-refractivity contribution is -0.137. The maximum absolute atomic E-state index is 12.9. The maximum atomic E-state index is 12.9. The fourth-order valence-electron chi connectivity index (χ4n) is 3.66. The number of carbonyl (C=O) groups is 2. The minimum absolute atomic E-state index is 0.0250. The van der Waals surface area contributed by atoms with E-state index in [1.54, 1.807) is 25.1 Å². The fraction of sp³-hybridized carbons (Fsp3) is 0.364. The number of nitrogens with zero attached hydrogens (tertiary/aromatic N) is 1. The number of nitrogens with one attached hydrogen (secondary N) is 2. The van der Waals surface area contributed by atoms with Gasteiger partial charge in [0.25, 0.3) is 0 Å². The molecular formula is C22H24F3N3O4S. The van der Waals surface area contributed by atoms with Crippen LogP contribution >= 0.6 is 0 Å². The van der Waals surface area contributed by atoms with Crippen molar-refractivity contribution in [3.8, 4) is 0 Å². The number of rotatable bonds is 5. The standard InChI is InChI=1S/C22H24F3N3O4S/c1-14-12-18(6-7-20(14)26-15(2)29)27-21(30)16-8-10-28(11-9-16)33(31,32)19-5-3-4-17(13-19)22(23,24)25/h3-7,12-13,16H,8-11H2,1-2H3,(H,26,29)(H,27,30). The van der Waals surface area contributed by atoms with Gasteiger partial charge in [0.15, 0.2) is 0 Å². The van der Waals surface area contributed by atoms with Crippen molar-refractivity contribution in [2.45, 2.75) is 37.8 Å². The van der Waals surface area contributed by atoms with Gasteiger partial charge in [0.2, 0.25) is 21.8 Å². The van der Waals surface area contributed by atoms with Crippen molar-refractivity contribution in [2.75, 3.05) is 23.7 Å². The van der Waals surface area contributed by atoms with Crippen molar-refractivity contribution in [3.05, 3.63) is 53.6 Å². The molecule has 1 fully saturated rings.